The number of ketones is 1. The Balaban J connectivity index is 1.74. The number of nitrogens with one attached hydrogen (secondary N) is 2. The minimum atomic E-state index is -0.780. The van der Waals surface area contributed by atoms with Crippen LogP contribution in [0.15, 0.2) is 66.7 Å². The molecule has 0 aromatic heterocycles. The molecule has 3 aromatic rings. The van der Waals surface area contributed by atoms with Crippen LogP contribution < -0.4 is 10.6 Å². The van der Waals surface area contributed by atoms with Crippen LogP contribution in [0.3, 0.4) is 0 Å². The molecule has 0 saturated carbocycles. The highest BCUT2D eigenvalue weighted by Crippen LogP contribution is 2.29. The average Bonchev–Trinajstić information content (AvgIpc) is 2.75. The molecular formula is C24H21ClN2O5. The highest BCUT2D eigenvalue weighted by Gasteiger charge is 2.15. The molecule has 1 amide bonds. The molecule has 0 atom stereocenters. The highest BCUT2D eigenvalue weighted by molar-refractivity contribution is 6.35. The smallest absolute Gasteiger partial charge is 0.414 e. The van der Waals surface area contributed by atoms with Crippen molar-refractivity contribution in [2.24, 2.45) is 0 Å². The summed E-state index contributed by atoms with van der Waals surface area (Å²) in [6.07, 6.45) is -0.780. The van der Waals surface area contributed by atoms with E-state index in [0.29, 0.717) is 33.2 Å². The van der Waals surface area contributed by atoms with Crippen molar-refractivity contribution in [3.63, 3.8) is 0 Å². The predicted octanol–water partition coefficient (Wildman–Crippen LogP) is 5.69. The van der Waals surface area contributed by atoms with Crippen molar-refractivity contribution in [1.29, 1.82) is 0 Å². The zero-order valence-corrected chi connectivity index (χ0v) is 18.2. The Morgan fingerprint density at radius 1 is 0.875 bits per heavy atom. The molecule has 3 aromatic carbocycles. The van der Waals surface area contributed by atoms with E-state index < -0.39 is 18.9 Å². The standard InChI is InChI=1S/C24H21ClN2O5/c1-15-7-3-4-8-18(15)23(29)19-12-11-17(13-20(19)25)26-21-9-5-6-10-22(21)27-24(30)32-14-31-16(2)28/h3-13,26H,14H2,1-2H3,(H,27,30). The van der Waals surface area contributed by atoms with Gasteiger partial charge in [0.05, 0.1) is 16.4 Å². The van der Waals surface area contributed by atoms with Gasteiger partial charge < -0.3 is 14.8 Å². The van der Waals surface area contributed by atoms with Crippen molar-refractivity contribution < 1.29 is 23.9 Å². The van der Waals surface area contributed by atoms with Crippen LogP contribution in [-0.2, 0) is 14.3 Å². The Kier molecular flexibility index (Phi) is 7.46. The van der Waals surface area contributed by atoms with Crippen LogP contribution in [-0.4, -0.2) is 24.6 Å². The molecule has 0 aliphatic carbocycles. The van der Waals surface area contributed by atoms with Crippen LogP contribution in [0.1, 0.15) is 28.4 Å². The summed E-state index contributed by atoms with van der Waals surface area (Å²) >= 11 is 6.41. The van der Waals surface area contributed by atoms with Crippen molar-refractivity contribution in [3.05, 3.63) is 88.4 Å². The summed E-state index contributed by atoms with van der Waals surface area (Å²) in [5, 5.41) is 6.03. The fourth-order valence-electron chi connectivity index (χ4n) is 2.92. The number of aryl methyl sites for hydroxylation is 1. The van der Waals surface area contributed by atoms with Crippen molar-refractivity contribution in [2.75, 3.05) is 17.4 Å². The van der Waals surface area contributed by atoms with Crippen LogP contribution in [0.2, 0.25) is 5.02 Å². The van der Waals surface area contributed by atoms with Gasteiger partial charge >= 0.3 is 12.1 Å². The van der Waals surface area contributed by atoms with E-state index in [0.717, 1.165) is 5.56 Å². The summed E-state index contributed by atoms with van der Waals surface area (Å²) in [4.78, 5) is 35.5. The predicted molar refractivity (Wildman–Crippen MR) is 123 cm³/mol. The number of halogens is 1. The highest BCUT2D eigenvalue weighted by atomic mass is 35.5. The molecule has 32 heavy (non-hydrogen) atoms. The maximum atomic E-state index is 12.9. The zero-order chi connectivity index (χ0) is 23.1. The van der Waals surface area contributed by atoms with Gasteiger partial charge in [-0.05, 0) is 42.8 Å². The Bertz CT molecular complexity index is 1160. The van der Waals surface area contributed by atoms with Gasteiger partial charge in [0.1, 0.15) is 0 Å². The van der Waals surface area contributed by atoms with Crippen molar-refractivity contribution in [1.82, 2.24) is 0 Å². The van der Waals surface area contributed by atoms with Crippen LogP contribution in [0.25, 0.3) is 0 Å². The molecule has 0 aliphatic rings. The second kappa shape index (κ2) is 10.5. The molecule has 2 N–H and O–H groups in total. The van der Waals surface area contributed by atoms with E-state index in [9.17, 15) is 14.4 Å². The van der Waals surface area contributed by atoms with E-state index in [1.165, 1.54) is 6.92 Å². The van der Waals surface area contributed by atoms with Gasteiger partial charge in [-0.2, -0.15) is 0 Å². The molecule has 164 valence electrons. The number of hydrogen-bond acceptors (Lipinski definition) is 6. The molecule has 0 spiro atoms. The molecule has 0 bridgehead atoms. The Hall–Kier alpha value is -3.84. The maximum Gasteiger partial charge on any atom is 0.414 e. The van der Waals surface area contributed by atoms with Crippen molar-refractivity contribution >= 4 is 46.5 Å². The van der Waals surface area contributed by atoms with Crippen molar-refractivity contribution in [2.45, 2.75) is 13.8 Å². The average molecular weight is 453 g/mol. The SMILES string of the molecule is CC(=O)OCOC(=O)Nc1ccccc1Nc1ccc(C(=O)c2ccccc2C)c(Cl)c1. The van der Waals surface area contributed by atoms with E-state index >= 15 is 0 Å². The summed E-state index contributed by atoms with van der Waals surface area (Å²) in [6.45, 7) is 2.60. The zero-order valence-electron chi connectivity index (χ0n) is 17.5. The molecule has 0 unspecified atom stereocenters. The van der Waals surface area contributed by atoms with Gasteiger partial charge in [-0.3, -0.25) is 14.9 Å². The van der Waals surface area contributed by atoms with Crippen LogP contribution in [0.5, 0.6) is 0 Å². The molecule has 3 rings (SSSR count). The van der Waals surface area contributed by atoms with E-state index in [2.05, 4.69) is 15.4 Å². The minimum absolute atomic E-state index is 0.155. The lowest BCUT2D eigenvalue weighted by Crippen LogP contribution is -2.17. The molecule has 0 radical (unpaired) electrons. The second-order valence-corrected chi connectivity index (χ2v) is 7.23. The number of hydrogen-bond donors (Lipinski definition) is 2. The lowest BCUT2D eigenvalue weighted by molar-refractivity contribution is -0.148. The molecule has 7 nitrogen and oxygen atoms in total. The lowest BCUT2D eigenvalue weighted by Gasteiger charge is -2.14. The van der Waals surface area contributed by atoms with Crippen molar-refractivity contribution in [3.8, 4) is 0 Å². The van der Waals surface area contributed by atoms with E-state index in [4.69, 9.17) is 16.3 Å². The fraction of sp³-hybridized carbons (Fsp3) is 0.125. The van der Waals surface area contributed by atoms with Crippen LogP contribution in [0.4, 0.5) is 21.9 Å². The third-order valence-corrected chi connectivity index (χ3v) is 4.81. The number of amides is 1. The number of carbonyl (C=O) groups excluding carboxylic acids is 3. The largest absolute Gasteiger partial charge is 0.428 e. The first-order chi connectivity index (χ1) is 15.3. The van der Waals surface area contributed by atoms with Gasteiger partial charge in [0, 0.05) is 23.7 Å². The van der Waals surface area contributed by atoms with E-state index in [1.807, 2.05) is 25.1 Å². The van der Waals surface area contributed by atoms with Crippen LogP contribution in [0, 0.1) is 6.92 Å². The Labute approximate surface area is 190 Å². The first kappa shape index (κ1) is 22.8. The molecule has 8 heteroatoms. The lowest BCUT2D eigenvalue weighted by atomic mass is 9.99. The van der Waals surface area contributed by atoms with Gasteiger partial charge in [0.25, 0.3) is 0 Å². The summed E-state index contributed by atoms with van der Waals surface area (Å²) in [5.74, 6) is -0.710. The number of benzene rings is 3. The number of rotatable bonds is 7. The molecule has 0 fully saturated rings. The number of ether oxygens (including phenoxy) is 2. The number of esters is 1. The fourth-order valence-corrected chi connectivity index (χ4v) is 3.18. The normalized spacial score (nSPS) is 10.2. The van der Waals surface area contributed by atoms with Gasteiger partial charge in [0.2, 0.25) is 6.79 Å². The number of para-hydroxylation sites is 2. The maximum absolute atomic E-state index is 12.9. The summed E-state index contributed by atoms with van der Waals surface area (Å²) in [5.41, 5.74) is 3.50. The summed E-state index contributed by atoms with van der Waals surface area (Å²) < 4.78 is 9.37. The first-order valence-electron chi connectivity index (χ1n) is 9.68. The minimum Gasteiger partial charge on any atom is -0.428 e. The van der Waals surface area contributed by atoms with E-state index in [-0.39, 0.29) is 5.78 Å². The first-order valence-corrected chi connectivity index (χ1v) is 10.1. The number of anilines is 3. The van der Waals surface area contributed by atoms with E-state index in [1.54, 1.807) is 48.5 Å². The second-order valence-electron chi connectivity index (χ2n) is 6.82. The monoisotopic (exact) mass is 452 g/mol. The third-order valence-electron chi connectivity index (χ3n) is 4.50. The summed E-state index contributed by atoms with van der Waals surface area (Å²) in [6, 6.07) is 19.3. The van der Waals surface area contributed by atoms with Gasteiger partial charge in [-0.15, -0.1) is 0 Å². The van der Waals surface area contributed by atoms with Gasteiger partial charge in [-0.25, -0.2) is 4.79 Å². The third kappa shape index (κ3) is 5.86. The Morgan fingerprint density at radius 2 is 1.56 bits per heavy atom. The van der Waals surface area contributed by atoms with Gasteiger partial charge in [-0.1, -0.05) is 48.0 Å². The Morgan fingerprint density at radius 3 is 2.25 bits per heavy atom. The number of carbonyl (C=O) groups is 3. The molecular weight excluding hydrogens is 432 g/mol. The molecule has 0 saturated heterocycles. The molecule has 0 heterocycles. The van der Waals surface area contributed by atoms with Crippen LogP contribution >= 0.6 is 11.6 Å². The summed E-state index contributed by atoms with van der Waals surface area (Å²) in [7, 11) is 0. The quantitative estimate of drug-likeness (QED) is 0.271. The topological polar surface area (TPSA) is 93.7 Å². The molecule has 0 aliphatic heterocycles. The van der Waals surface area contributed by atoms with Gasteiger partial charge in [0.15, 0.2) is 5.78 Å².